The SMILES string of the molecule is Cc1cc(C(=O)NC2CC(=O)N(C)C2=O)ccc1N. The molecule has 3 N–H and O–H groups in total. The molecule has 1 atom stereocenters. The number of carbonyl (C=O) groups is 3. The molecule has 1 saturated heterocycles. The number of nitrogens with zero attached hydrogens (tertiary/aromatic N) is 1. The van der Waals surface area contributed by atoms with Crippen LogP contribution in [-0.2, 0) is 9.59 Å². The van der Waals surface area contributed by atoms with Crippen LogP contribution in [-0.4, -0.2) is 35.7 Å². The standard InChI is InChI=1S/C13H15N3O3/c1-7-5-8(3-4-9(7)14)12(18)15-10-6-11(17)16(2)13(10)19/h3-5,10H,6,14H2,1-2H3,(H,15,18). The van der Waals surface area contributed by atoms with Gasteiger partial charge in [0.05, 0.1) is 6.42 Å². The fourth-order valence-corrected chi connectivity index (χ4v) is 1.93. The molecule has 0 aromatic heterocycles. The number of amides is 3. The minimum absolute atomic E-state index is 0.00896. The van der Waals surface area contributed by atoms with E-state index in [0.717, 1.165) is 10.5 Å². The molecule has 0 spiro atoms. The van der Waals surface area contributed by atoms with Crippen molar-refractivity contribution in [1.29, 1.82) is 0 Å². The molecular weight excluding hydrogens is 246 g/mol. The topological polar surface area (TPSA) is 92.5 Å². The number of aryl methyl sites for hydroxylation is 1. The second-order valence-electron chi connectivity index (χ2n) is 4.59. The number of nitrogens with two attached hydrogens (primary N) is 1. The lowest BCUT2D eigenvalue weighted by atomic mass is 10.1. The first-order chi connectivity index (χ1) is 8.90. The third-order valence-corrected chi connectivity index (χ3v) is 3.22. The Balaban J connectivity index is 2.11. The van der Waals surface area contributed by atoms with Crippen LogP contribution in [0.4, 0.5) is 5.69 Å². The van der Waals surface area contributed by atoms with Crippen molar-refractivity contribution >= 4 is 23.4 Å². The number of hydrogen-bond acceptors (Lipinski definition) is 4. The van der Waals surface area contributed by atoms with Crippen molar-refractivity contribution in [3.8, 4) is 0 Å². The van der Waals surface area contributed by atoms with Crippen molar-refractivity contribution < 1.29 is 14.4 Å². The van der Waals surface area contributed by atoms with Crippen LogP contribution in [0.2, 0.25) is 0 Å². The van der Waals surface area contributed by atoms with Crippen LogP contribution in [0.15, 0.2) is 18.2 Å². The quantitative estimate of drug-likeness (QED) is 0.582. The summed E-state index contributed by atoms with van der Waals surface area (Å²) >= 11 is 0. The smallest absolute Gasteiger partial charge is 0.252 e. The predicted molar refractivity (Wildman–Crippen MR) is 69.2 cm³/mol. The highest BCUT2D eigenvalue weighted by Crippen LogP contribution is 2.15. The number of rotatable bonds is 2. The van der Waals surface area contributed by atoms with Gasteiger partial charge in [0.25, 0.3) is 11.8 Å². The number of hydrogen-bond donors (Lipinski definition) is 2. The zero-order chi connectivity index (χ0) is 14.2. The van der Waals surface area contributed by atoms with Gasteiger partial charge in [0.1, 0.15) is 6.04 Å². The Morgan fingerprint density at radius 2 is 2.11 bits per heavy atom. The molecule has 1 unspecified atom stereocenters. The molecule has 1 fully saturated rings. The van der Waals surface area contributed by atoms with Gasteiger partial charge in [-0.05, 0) is 30.7 Å². The molecule has 3 amide bonds. The van der Waals surface area contributed by atoms with Crippen LogP contribution in [0.1, 0.15) is 22.3 Å². The molecule has 1 aliphatic heterocycles. The summed E-state index contributed by atoms with van der Waals surface area (Å²) in [4.78, 5) is 36.0. The molecule has 1 aromatic rings. The highest BCUT2D eigenvalue weighted by atomic mass is 16.2. The first-order valence-electron chi connectivity index (χ1n) is 5.87. The lowest BCUT2D eigenvalue weighted by Gasteiger charge is -2.11. The van der Waals surface area contributed by atoms with Gasteiger partial charge in [-0.15, -0.1) is 0 Å². The van der Waals surface area contributed by atoms with Gasteiger partial charge < -0.3 is 11.1 Å². The van der Waals surface area contributed by atoms with Gasteiger partial charge in [-0.2, -0.15) is 0 Å². The van der Waals surface area contributed by atoms with Gasteiger partial charge in [-0.25, -0.2) is 0 Å². The zero-order valence-corrected chi connectivity index (χ0v) is 10.8. The third kappa shape index (κ3) is 2.42. The van der Waals surface area contributed by atoms with Crippen LogP contribution in [0, 0.1) is 6.92 Å². The lowest BCUT2D eigenvalue weighted by Crippen LogP contribution is -2.40. The number of carbonyl (C=O) groups excluding carboxylic acids is 3. The molecule has 0 aliphatic carbocycles. The molecule has 6 nitrogen and oxygen atoms in total. The van der Waals surface area contributed by atoms with Crippen LogP contribution in [0.25, 0.3) is 0 Å². The number of benzene rings is 1. The van der Waals surface area contributed by atoms with Crippen LogP contribution in [0.3, 0.4) is 0 Å². The normalized spacial score (nSPS) is 18.8. The van der Waals surface area contributed by atoms with Crippen molar-refractivity contribution in [2.45, 2.75) is 19.4 Å². The summed E-state index contributed by atoms with van der Waals surface area (Å²) in [5, 5.41) is 2.56. The Morgan fingerprint density at radius 1 is 1.42 bits per heavy atom. The Labute approximate surface area is 110 Å². The van der Waals surface area contributed by atoms with Crippen molar-refractivity contribution in [2.24, 2.45) is 0 Å². The number of imide groups is 1. The van der Waals surface area contributed by atoms with E-state index < -0.39 is 6.04 Å². The van der Waals surface area contributed by atoms with Crippen molar-refractivity contribution in [2.75, 3.05) is 12.8 Å². The number of nitrogen functional groups attached to an aromatic ring is 1. The number of anilines is 1. The fourth-order valence-electron chi connectivity index (χ4n) is 1.93. The molecule has 6 heteroatoms. The Hall–Kier alpha value is -2.37. The maximum atomic E-state index is 12.0. The summed E-state index contributed by atoms with van der Waals surface area (Å²) in [5.41, 5.74) is 7.48. The second kappa shape index (κ2) is 4.72. The molecule has 100 valence electrons. The average Bonchev–Trinajstić information content (AvgIpc) is 2.60. The van der Waals surface area contributed by atoms with Gasteiger partial charge in [-0.1, -0.05) is 0 Å². The molecule has 0 radical (unpaired) electrons. The van der Waals surface area contributed by atoms with Gasteiger partial charge in [-0.3, -0.25) is 19.3 Å². The van der Waals surface area contributed by atoms with Crippen molar-refractivity contribution in [1.82, 2.24) is 10.2 Å². The minimum Gasteiger partial charge on any atom is -0.399 e. The molecular formula is C13H15N3O3. The van der Waals surface area contributed by atoms with Gasteiger partial charge in [0, 0.05) is 18.3 Å². The van der Waals surface area contributed by atoms with Crippen LogP contribution in [0.5, 0.6) is 0 Å². The van der Waals surface area contributed by atoms with E-state index in [-0.39, 0.29) is 24.1 Å². The number of likely N-dealkylation sites (tertiary alicyclic amines) is 1. The maximum Gasteiger partial charge on any atom is 0.252 e. The van der Waals surface area contributed by atoms with E-state index in [0.29, 0.717) is 11.3 Å². The molecule has 2 rings (SSSR count). The fraction of sp³-hybridized carbons (Fsp3) is 0.308. The monoisotopic (exact) mass is 261 g/mol. The van der Waals surface area contributed by atoms with Gasteiger partial charge >= 0.3 is 0 Å². The lowest BCUT2D eigenvalue weighted by molar-refractivity contribution is -0.137. The molecule has 0 saturated carbocycles. The Kier molecular flexibility index (Phi) is 3.25. The summed E-state index contributed by atoms with van der Waals surface area (Å²) in [7, 11) is 1.41. The number of nitrogens with one attached hydrogen (secondary N) is 1. The maximum absolute atomic E-state index is 12.0. The van der Waals surface area contributed by atoms with E-state index in [1.807, 2.05) is 0 Å². The molecule has 1 aromatic carbocycles. The highest BCUT2D eigenvalue weighted by molar-refractivity contribution is 6.08. The van der Waals surface area contributed by atoms with Gasteiger partial charge in [0.2, 0.25) is 5.91 Å². The Morgan fingerprint density at radius 3 is 2.63 bits per heavy atom. The summed E-state index contributed by atoms with van der Waals surface area (Å²) in [5.74, 6) is -1.06. The summed E-state index contributed by atoms with van der Waals surface area (Å²) in [6, 6.07) is 4.10. The third-order valence-electron chi connectivity index (χ3n) is 3.22. The van der Waals surface area contributed by atoms with Gasteiger partial charge in [0.15, 0.2) is 0 Å². The number of likely N-dealkylation sites (N-methyl/N-ethyl adjacent to an activating group) is 1. The summed E-state index contributed by atoms with van der Waals surface area (Å²) in [6.45, 7) is 1.80. The summed E-state index contributed by atoms with van der Waals surface area (Å²) in [6.07, 6.45) is 0.00896. The Bertz CT molecular complexity index is 568. The van der Waals surface area contributed by atoms with E-state index in [9.17, 15) is 14.4 Å². The van der Waals surface area contributed by atoms with Crippen molar-refractivity contribution in [3.05, 3.63) is 29.3 Å². The first-order valence-corrected chi connectivity index (χ1v) is 5.87. The van der Waals surface area contributed by atoms with Crippen LogP contribution >= 0.6 is 0 Å². The first kappa shape index (κ1) is 13.1. The zero-order valence-electron chi connectivity index (χ0n) is 10.8. The molecule has 19 heavy (non-hydrogen) atoms. The van der Waals surface area contributed by atoms with E-state index in [1.165, 1.54) is 7.05 Å². The van der Waals surface area contributed by atoms with E-state index in [4.69, 9.17) is 5.73 Å². The molecule has 0 bridgehead atoms. The highest BCUT2D eigenvalue weighted by Gasteiger charge is 2.36. The van der Waals surface area contributed by atoms with E-state index in [1.54, 1.807) is 25.1 Å². The van der Waals surface area contributed by atoms with E-state index >= 15 is 0 Å². The second-order valence-corrected chi connectivity index (χ2v) is 4.59. The predicted octanol–water partition coefficient (Wildman–Crippen LogP) is 0.0643. The minimum atomic E-state index is -0.775. The largest absolute Gasteiger partial charge is 0.399 e. The molecule has 1 aliphatic rings. The van der Waals surface area contributed by atoms with Crippen molar-refractivity contribution in [3.63, 3.8) is 0 Å². The average molecular weight is 261 g/mol. The van der Waals surface area contributed by atoms with Crippen LogP contribution < -0.4 is 11.1 Å². The molecule has 1 heterocycles. The van der Waals surface area contributed by atoms with E-state index in [2.05, 4.69) is 5.32 Å². The summed E-state index contributed by atoms with van der Waals surface area (Å²) < 4.78 is 0.